The van der Waals surface area contributed by atoms with E-state index in [2.05, 4.69) is 10.1 Å². The number of hydrogen-bond donors (Lipinski definition) is 1. The van der Waals surface area contributed by atoms with E-state index in [1.807, 2.05) is 0 Å². The average Bonchev–Trinajstić information content (AvgIpc) is 3.04. The highest BCUT2D eigenvalue weighted by Gasteiger charge is 2.16. The van der Waals surface area contributed by atoms with Crippen LogP contribution in [-0.4, -0.2) is 24.4 Å². The zero-order valence-electron chi connectivity index (χ0n) is 13.6. The minimum atomic E-state index is -0.844. The Balaban J connectivity index is 1.77. The molecule has 0 radical (unpaired) electrons. The SMILES string of the molecule is Cn1c(Cl)cc(=O)n(Cc2nc(C[C@H](O)c3ccc(Cl)cc3)no2)c1=O. The van der Waals surface area contributed by atoms with Gasteiger partial charge in [0, 0.05) is 24.6 Å². The first-order valence-corrected chi connectivity index (χ1v) is 8.32. The van der Waals surface area contributed by atoms with Crippen LogP contribution in [0.1, 0.15) is 23.4 Å². The second-order valence-corrected chi connectivity index (χ2v) is 6.43. The Hall–Kier alpha value is -2.42. The molecule has 2 aromatic heterocycles. The smallest absolute Gasteiger partial charge is 0.332 e. The van der Waals surface area contributed by atoms with Crippen LogP contribution in [0.25, 0.3) is 0 Å². The average molecular weight is 397 g/mol. The molecule has 1 aromatic carbocycles. The standard InChI is InChI=1S/C16H14Cl2N4O4/c1-21-12(18)7-15(24)22(16(21)25)8-14-19-13(20-26-14)6-11(23)9-2-4-10(17)5-3-9/h2-5,7,11,23H,6,8H2,1H3/t11-/m0/s1. The fraction of sp³-hybridized carbons (Fsp3) is 0.250. The van der Waals surface area contributed by atoms with Gasteiger partial charge in [0.05, 0.1) is 6.10 Å². The van der Waals surface area contributed by atoms with Crippen LogP contribution in [0.4, 0.5) is 0 Å². The van der Waals surface area contributed by atoms with Gasteiger partial charge in [-0.05, 0) is 17.7 Å². The molecule has 2 heterocycles. The van der Waals surface area contributed by atoms with Gasteiger partial charge in [-0.25, -0.2) is 4.79 Å². The summed E-state index contributed by atoms with van der Waals surface area (Å²) in [6.45, 7) is -0.188. The van der Waals surface area contributed by atoms with Gasteiger partial charge < -0.3 is 9.63 Å². The first-order valence-electron chi connectivity index (χ1n) is 7.56. The van der Waals surface area contributed by atoms with Crippen molar-refractivity contribution in [3.63, 3.8) is 0 Å². The van der Waals surface area contributed by atoms with Crippen LogP contribution in [0.2, 0.25) is 10.2 Å². The Morgan fingerprint density at radius 1 is 1.23 bits per heavy atom. The van der Waals surface area contributed by atoms with Crippen LogP contribution in [0, 0.1) is 0 Å². The fourth-order valence-corrected chi connectivity index (χ4v) is 2.63. The summed E-state index contributed by atoms with van der Waals surface area (Å²) in [5, 5.41) is 14.6. The lowest BCUT2D eigenvalue weighted by Gasteiger charge is -2.08. The highest BCUT2D eigenvalue weighted by atomic mass is 35.5. The zero-order valence-corrected chi connectivity index (χ0v) is 15.1. The number of aliphatic hydroxyl groups is 1. The molecule has 1 N–H and O–H groups in total. The number of halogens is 2. The number of hydrogen-bond acceptors (Lipinski definition) is 6. The van der Waals surface area contributed by atoms with Gasteiger partial charge in [-0.15, -0.1) is 0 Å². The van der Waals surface area contributed by atoms with Crippen LogP contribution < -0.4 is 11.2 Å². The third-order valence-corrected chi connectivity index (χ3v) is 4.40. The molecule has 26 heavy (non-hydrogen) atoms. The molecule has 0 fully saturated rings. The summed E-state index contributed by atoms with van der Waals surface area (Å²) >= 11 is 11.6. The monoisotopic (exact) mass is 396 g/mol. The first-order chi connectivity index (χ1) is 12.3. The van der Waals surface area contributed by atoms with Crippen LogP contribution in [0.3, 0.4) is 0 Å². The van der Waals surface area contributed by atoms with Crippen molar-refractivity contribution in [2.75, 3.05) is 0 Å². The van der Waals surface area contributed by atoms with E-state index in [1.165, 1.54) is 7.05 Å². The van der Waals surface area contributed by atoms with Gasteiger partial charge in [0.1, 0.15) is 11.7 Å². The van der Waals surface area contributed by atoms with Crippen molar-refractivity contribution in [3.8, 4) is 0 Å². The summed E-state index contributed by atoms with van der Waals surface area (Å²) in [6.07, 6.45) is -0.734. The summed E-state index contributed by atoms with van der Waals surface area (Å²) in [5.74, 6) is 0.325. The van der Waals surface area contributed by atoms with Crippen LogP contribution >= 0.6 is 23.2 Å². The summed E-state index contributed by atoms with van der Waals surface area (Å²) in [5.41, 5.74) is -0.508. The molecule has 0 bridgehead atoms. The molecule has 0 spiro atoms. The maximum absolute atomic E-state index is 12.1. The second kappa shape index (κ2) is 7.45. The Morgan fingerprint density at radius 3 is 2.62 bits per heavy atom. The minimum absolute atomic E-state index is 0.0357. The topological polar surface area (TPSA) is 103 Å². The third-order valence-electron chi connectivity index (χ3n) is 3.78. The van der Waals surface area contributed by atoms with Crippen molar-refractivity contribution in [3.05, 3.63) is 78.6 Å². The first kappa shape index (κ1) is 18.4. The number of rotatable bonds is 5. The lowest BCUT2D eigenvalue weighted by Crippen LogP contribution is -2.38. The van der Waals surface area contributed by atoms with Crippen molar-refractivity contribution >= 4 is 23.2 Å². The highest BCUT2D eigenvalue weighted by Crippen LogP contribution is 2.19. The van der Waals surface area contributed by atoms with Crippen molar-refractivity contribution in [1.82, 2.24) is 19.3 Å². The predicted octanol–water partition coefficient (Wildman–Crippen LogP) is 1.56. The number of aromatic nitrogens is 4. The molecule has 3 aromatic rings. The van der Waals surface area contributed by atoms with E-state index < -0.39 is 17.4 Å². The Kier molecular flexibility index (Phi) is 5.26. The molecule has 10 heteroatoms. The summed E-state index contributed by atoms with van der Waals surface area (Å²) < 4.78 is 7.13. The van der Waals surface area contributed by atoms with Gasteiger partial charge in [0.2, 0.25) is 5.89 Å². The van der Waals surface area contributed by atoms with E-state index in [0.717, 1.165) is 15.2 Å². The molecule has 1 atom stereocenters. The lowest BCUT2D eigenvalue weighted by molar-refractivity contribution is 0.174. The summed E-state index contributed by atoms with van der Waals surface area (Å²) in [4.78, 5) is 28.2. The maximum Gasteiger partial charge on any atom is 0.332 e. The Bertz CT molecular complexity index is 1040. The van der Waals surface area contributed by atoms with Crippen molar-refractivity contribution < 1.29 is 9.63 Å². The van der Waals surface area contributed by atoms with E-state index in [9.17, 15) is 14.7 Å². The molecule has 0 amide bonds. The fourth-order valence-electron chi connectivity index (χ4n) is 2.34. The van der Waals surface area contributed by atoms with Gasteiger partial charge >= 0.3 is 5.69 Å². The predicted molar refractivity (Wildman–Crippen MR) is 94.5 cm³/mol. The molecule has 0 aliphatic carbocycles. The largest absolute Gasteiger partial charge is 0.388 e. The molecule has 8 nitrogen and oxygen atoms in total. The number of nitrogens with zero attached hydrogens (tertiary/aromatic N) is 4. The molecule has 0 saturated heterocycles. The molecule has 136 valence electrons. The summed E-state index contributed by atoms with van der Waals surface area (Å²) in [6, 6.07) is 7.87. The van der Waals surface area contributed by atoms with E-state index in [-0.39, 0.29) is 29.8 Å². The van der Waals surface area contributed by atoms with E-state index in [1.54, 1.807) is 24.3 Å². The number of aliphatic hydroxyl groups excluding tert-OH is 1. The quantitative estimate of drug-likeness (QED) is 0.656. The minimum Gasteiger partial charge on any atom is -0.388 e. The maximum atomic E-state index is 12.1. The van der Waals surface area contributed by atoms with Crippen molar-refractivity contribution in [2.24, 2.45) is 7.05 Å². The van der Waals surface area contributed by atoms with Crippen LogP contribution in [0.5, 0.6) is 0 Å². The van der Waals surface area contributed by atoms with Crippen molar-refractivity contribution in [2.45, 2.75) is 19.1 Å². The van der Waals surface area contributed by atoms with Crippen molar-refractivity contribution in [1.29, 1.82) is 0 Å². The molecular formula is C16H14Cl2N4O4. The summed E-state index contributed by atoms with van der Waals surface area (Å²) in [7, 11) is 1.45. The van der Waals surface area contributed by atoms with Gasteiger partial charge in [-0.1, -0.05) is 40.5 Å². The Morgan fingerprint density at radius 2 is 1.92 bits per heavy atom. The van der Waals surface area contributed by atoms with E-state index in [0.29, 0.717) is 10.6 Å². The van der Waals surface area contributed by atoms with Gasteiger partial charge in [-0.2, -0.15) is 4.98 Å². The molecule has 0 aliphatic rings. The molecule has 3 rings (SSSR count). The third kappa shape index (κ3) is 3.87. The molecule has 0 unspecified atom stereocenters. The molecular weight excluding hydrogens is 383 g/mol. The Labute approximate surface area is 157 Å². The van der Waals surface area contributed by atoms with Gasteiger partial charge in [-0.3, -0.25) is 13.9 Å². The van der Waals surface area contributed by atoms with Gasteiger partial charge in [0.15, 0.2) is 5.82 Å². The molecule has 0 saturated carbocycles. The second-order valence-electron chi connectivity index (χ2n) is 5.61. The van der Waals surface area contributed by atoms with Crippen LogP contribution in [0.15, 0.2) is 44.4 Å². The van der Waals surface area contributed by atoms with E-state index >= 15 is 0 Å². The lowest BCUT2D eigenvalue weighted by atomic mass is 10.1. The van der Waals surface area contributed by atoms with E-state index in [4.69, 9.17) is 27.7 Å². The van der Waals surface area contributed by atoms with Gasteiger partial charge in [0.25, 0.3) is 5.56 Å². The van der Waals surface area contributed by atoms with Crippen LogP contribution in [-0.2, 0) is 20.0 Å². The highest BCUT2D eigenvalue weighted by molar-refractivity contribution is 6.30. The molecule has 0 aliphatic heterocycles. The normalized spacial score (nSPS) is 12.3. The number of benzene rings is 1. The zero-order chi connectivity index (χ0) is 18.8.